The van der Waals surface area contributed by atoms with Crippen LogP contribution in [0.3, 0.4) is 0 Å². The lowest BCUT2D eigenvalue weighted by molar-refractivity contribution is 0.0325. The second-order valence-corrected chi connectivity index (χ2v) is 10.4. The summed E-state index contributed by atoms with van der Waals surface area (Å²) < 4.78 is 75.6. The van der Waals surface area contributed by atoms with Gasteiger partial charge in [-0.15, -0.1) is 6.58 Å². The molecule has 2 aliphatic rings. The highest BCUT2D eigenvalue weighted by molar-refractivity contribution is 5.34. The molecule has 0 aromatic heterocycles. The first-order valence-corrected chi connectivity index (χ1v) is 13.9. The Hall–Kier alpha value is -2.54. The van der Waals surface area contributed by atoms with Gasteiger partial charge in [-0.1, -0.05) is 18.2 Å². The maximum atomic E-state index is 14.9. The summed E-state index contributed by atoms with van der Waals surface area (Å²) in [4.78, 5) is 0. The van der Waals surface area contributed by atoms with E-state index < -0.39 is 23.3 Å². The van der Waals surface area contributed by atoms with Gasteiger partial charge < -0.3 is 14.2 Å². The SMILES string of the molecule is C=CCCOc1ccc(C2CCC(COc3ccc(C4CCC(OCC)CC4)c(F)c3F)CC2)c(F)c1F. The summed E-state index contributed by atoms with van der Waals surface area (Å²) in [5.74, 6) is -3.71. The summed E-state index contributed by atoms with van der Waals surface area (Å²) in [7, 11) is 0. The molecule has 2 saturated carbocycles. The van der Waals surface area contributed by atoms with Gasteiger partial charge in [-0.05, 0) is 106 Å². The van der Waals surface area contributed by atoms with E-state index in [1.165, 1.54) is 12.1 Å². The van der Waals surface area contributed by atoms with Crippen molar-refractivity contribution in [1.29, 1.82) is 0 Å². The highest BCUT2D eigenvalue weighted by Gasteiger charge is 2.29. The molecule has 0 spiro atoms. The van der Waals surface area contributed by atoms with Crippen LogP contribution in [0.15, 0.2) is 36.9 Å². The first-order valence-electron chi connectivity index (χ1n) is 13.9. The molecule has 208 valence electrons. The maximum absolute atomic E-state index is 14.9. The van der Waals surface area contributed by atoms with Crippen molar-refractivity contribution < 1.29 is 31.8 Å². The highest BCUT2D eigenvalue weighted by atomic mass is 19.2. The van der Waals surface area contributed by atoms with Crippen molar-refractivity contribution in [3.63, 3.8) is 0 Å². The molecule has 2 fully saturated rings. The van der Waals surface area contributed by atoms with Crippen LogP contribution in [0.25, 0.3) is 0 Å². The fourth-order valence-electron chi connectivity index (χ4n) is 5.82. The number of ether oxygens (including phenoxy) is 3. The van der Waals surface area contributed by atoms with Crippen molar-refractivity contribution in [2.45, 2.75) is 82.7 Å². The molecule has 7 heteroatoms. The normalized spacial score (nSPS) is 23.7. The number of hydrogen-bond donors (Lipinski definition) is 0. The quantitative estimate of drug-likeness (QED) is 0.164. The predicted molar refractivity (Wildman–Crippen MR) is 140 cm³/mol. The zero-order valence-corrected chi connectivity index (χ0v) is 22.1. The van der Waals surface area contributed by atoms with Gasteiger partial charge >= 0.3 is 0 Å². The van der Waals surface area contributed by atoms with Crippen molar-refractivity contribution in [2.24, 2.45) is 5.92 Å². The number of hydrogen-bond acceptors (Lipinski definition) is 3. The fraction of sp³-hybridized carbons (Fsp3) is 0.548. The monoisotopic (exact) mass is 534 g/mol. The Labute approximate surface area is 223 Å². The minimum absolute atomic E-state index is 0.0106. The largest absolute Gasteiger partial charge is 0.490 e. The Balaban J connectivity index is 1.29. The molecule has 0 unspecified atom stereocenters. The minimum Gasteiger partial charge on any atom is -0.490 e. The van der Waals surface area contributed by atoms with Crippen LogP contribution in [0.2, 0.25) is 0 Å². The van der Waals surface area contributed by atoms with E-state index in [0.29, 0.717) is 37.0 Å². The van der Waals surface area contributed by atoms with Gasteiger partial charge in [0, 0.05) is 6.61 Å². The van der Waals surface area contributed by atoms with Gasteiger partial charge in [-0.3, -0.25) is 0 Å². The molecule has 2 aromatic rings. The summed E-state index contributed by atoms with van der Waals surface area (Å²) in [5.41, 5.74) is 0.772. The smallest absolute Gasteiger partial charge is 0.200 e. The second-order valence-electron chi connectivity index (χ2n) is 10.4. The molecule has 0 radical (unpaired) electrons. The number of rotatable bonds is 11. The standard InChI is InChI=1S/C31H38F4O3/c1-3-5-18-37-26-16-14-24(28(32)30(26)34)21-8-6-20(7-9-21)19-38-27-17-15-25(29(33)31(27)35)22-10-12-23(13-11-22)36-4-2/h3,14-17,20-23H,1,4-13,18-19H2,2H3. The van der Waals surface area contributed by atoms with Crippen LogP contribution in [-0.4, -0.2) is 25.9 Å². The molecular weight excluding hydrogens is 496 g/mol. The van der Waals surface area contributed by atoms with E-state index in [9.17, 15) is 17.6 Å². The highest BCUT2D eigenvalue weighted by Crippen LogP contribution is 2.40. The average molecular weight is 535 g/mol. The summed E-state index contributed by atoms with van der Waals surface area (Å²) in [5, 5.41) is 0. The first kappa shape index (κ1) is 28.5. The van der Waals surface area contributed by atoms with Crippen LogP contribution >= 0.6 is 0 Å². The van der Waals surface area contributed by atoms with Crippen LogP contribution < -0.4 is 9.47 Å². The Bertz CT molecular complexity index is 1070. The topological polar surface area (TPSA) is 27.7 Å². The zero-order chi connectivity index (χ0) is 27.1. The van der Waals surface area contributed by atoms with E-state index in [2.05, 4.69) is 6.58 Å². The number of benzene rings is 2. The van der Waals surface area contributed by atoms with Crippen LogP contribution in [-0.2, 0) is 4.74 Å². The molecule has 0 N–H and O–H groups in total. The molecule has 0 saturated heterocycles. The Morgan fingerprint density at radius 2 is 1.26 bits per heavy atom. The lowest BCUT2D eigenvalue weighted by Crippen LogP contribution is -2.22. The van der Waals surface area contributed by atoms with Crippen molar-refractivity contribution in [3.8, 4) is 11.5 Å². The molecule has 38 heavy (non-hydrogen) atoms. The Kier molecular flexibility index (Phi) is 10.1. The summed E-state index contributed by atoms with van der Waals surface area (Å²) >= 11 is 0. The fourth-order valence-corrected chi connectivity index (χ4v) is 5.82. The van der Waals surface area contributed by atoms with E-state index in [4.69, 9.17) is 14.2 Å². The van der Waals surface area contributed by atoms with Gasteiger partial charge in [0.25, 0.3) is 0 Å². The molecule has 3 nitrogen and oxygen atoms in total. The third-order valence-electron chi connectivity index (χ3n) is 8.01. The Morgan fingerprint density at radius 1 is 0.737 bits per heavy atom. The zero-order valence-electron chi connectivity index (χ0n) is 22.1. The van der Waals surface area contributed by atoms with E-state index in [1.807, 2.05) is 6.92 Å². The molecule has 0 heterocycles. The minimum atomic E-state index is -0.958. The van der Waals surface area contributed by atoms with E-state index in [0.717, 1.165) is 38.5 Å². The van der Waals surface area contributed by atoms with Crippen LogP contribution in [0.4, 0.5) is 17.6 Å². The summed E-state index contributed by atoms with van der Waals surface area (Å²) in [6.45, 7) is 6.72. The van der Waals surface area contributed by atoms with Crippen molar-refractivity contribution in [2.75, 3.05) is 19.8 Å². The van der Waals surface area contributed by atoms with Crippen molar-refractivity contribution >= 4 is 0 Å². The summed E-state index contributed by atoms with van der Waals surface area (Å²) in [6.07, 6.45) is 8.46. The van der Waals surface area contributed by atoms with E-state index in [-0.39, 0.29) is 48.6 Å². The third kappa shape index (κ3) is 6.71. The molecule has 0 atom stereocenters. The maximum Gasteiger partial charge on any atom is 0.200 e. The van der Waals surface area contributed by atoms with Crippen LogP contribution in [0.1, 0.15) is 87.7 Å². The lowest BCUT2D eigenvalue weighted by atomic mass is 9.79. The van der Waals surface area contributed by atoms with Gasteiger partial charge in [0.15, 0.2) is 23.1 Å². The number of halogens is 4. The van der Waals surface area contributed by atoms with Gasteiger partial charge in [0.1, 0.15) is 0 Å². The molecule has 4 rings (SSSR count). The molecule has 2 aromatic carbocycles. The average Bonchev–Trinajstić information content (AvgIpc) is 2.93. The van der Waals surface area contributed by atoms with Gasteiger partial charge in [-0.25, -0.2) is 8.78 Å². The second kappa shape index (κ2) is 13.5. The van der Waals surface area contributed by atoms with Crippen LogP contribution in [0.5, 0.6) is 11.5 Å². The molecule has 2 aliphatic carbocycles. The molecule has 0 aliphatic heterocycles. The van der Waals surface area contributed by atoms with Gasteiger partial charge in [0.05, 0.1) is 19.3 Å². The molecule has 0 bridgehead atoms. The first-order chi connectivity index (χ1) is 18.4. The van der Waals surface area contributed by atoms with Gasteiger partial charge in [-0.2, -0.15) is 8.78 Å². The molecular formula is C31H38F4O3. The van der Waals surface area contributed by atoms with E-state index in [1.54, 1.807) is 18.2 Å². The summed E-state index contributed by atoms with van der Waals surface area (Å²) in [6, 6.07) is 6.27. The molecule has 0 amide bonds. The van der Waals surface area contributed by atoms with E-state index >= 15 is 0 Å². The lowest BCUT2D eigenvalue weighted by Gasteiger charge is -2.30. The third-order valence-corrected chi connectivity index (χ3v) is 8.01. The Morgan fingerprint density at radius 3 is 1.79 bits per heavy atom. The van der Waals surface area contributed by atoms with Crippen LogP contribution in [0, 0.1) is 29.2 Å². The van der Waals surface area contributed by atoms with Gasteiger partial charge in [0.2, 0.25) is 11.6 Å². The predicted octanol–water partition coefficient (Wildman–Crippen LogP) is 8.61. The van der Waals surface area contributed by atoms with Crippen molar-refractivity contribution in [3.05, 3.63) is 71.3 Å². The van der Waals surface area contributed by atoms with Crippen molar-refractivity contribution in [1.82, 2.24) is 0 Å².